The molecule has 0 saturated heterocycles. The molecule has 9 heteroatoms. The van der Waals surface area contributed by atoms with E-state index in [4.69, 9.17) is 0 Å². The number of aromatic hydroxyl groups is 1. The van der Waals surface area contributed by atoms with Crippen molar-refractivity contribution < 1.29 is 24.3 Å². The fraction of sp³-hybridized carbons (Fsp3) is 0.360. The first kappa shape index (κ1) is 26.9. The smallest absolute Gasteiger partial charge is 0.243 e. The van der Waals surface area contributed by atoms with Crippen LogP contribution >= 0.6 is 11.8 Å². The van der Waals surface area contributed by atoms with E-state index >= 15 is 0 Å². The molecule has 3 atom stereocenters. The highest BCUT2D eigenvalue weighted by atomic mass is 32.2. The number of hydrogen-bond acceptors (Lipinski definition) is 6. The molecule has 4 N–H and O–H groups in total. The molecule has 0 radical (unpaired) electrons. The number of nitrogens with one attached hydrogen (secondary N) is 3. The van der Waals surface area contributed by atoms with Crippen molar-refractivity contribution in [3.8, 4) is 5.75 Å². The molecule has 0 heterocycles. The molecule has 0 fully saturated rings. The van der Waals surface area contributed by atoms with E-state index in [1.54, 1.807) is 23.9 Å². The normalized spacial score (nSPS) is 13.2. The zero-order valence-corrected chi connectivity index (χ0v) is 20.1. The molecule has 3 amide bonds. The lowest BCUT2D eigenvalue weighted by Crippen LogP contribution is -2.56. The fourth-order valence-corrected chi connectivity index (χ4v) is 3.86. The third-order valence-corrected chi connectivity index (χ3v) is 5.75. The van der Waals surface area contributed by atoms with Crippen LogP contribution in [-0.2, 0) is 32.0 Å². The number of thioether (sulfide) groups is 1. The van der Waals surface area contributed by atoms with Crippen LogP contribution in [0.2, 0.25) is 0 Å². The van der Waals surface area contributed by atoms with Crippen LogP contribution in [0.3, 0.4) is 0 Å². The number of aldehydes is 1. The Bertz CT molecular complexity index is 953. The van der Waals surface area contributed by atoms with Gasteiger partial charge >= 0.3 is 0 Å². The number of phenolic OH excluding ortho intramolecular Hbond substituents is 1. The van der Waals surface area contributed by atoms with Crippen molar-refractivity contribution >= 4 is 35.8 Å². The summed E-state index contributed by atoms with van der Waals surface area (Å²) in [5.74, 6) is -0.522. The van der Waals surface area contributed by atoms with E-state index in [9.17, 15) is 24.3 Å². The highest BCUT2D eigenvalue weighted by Crippen LogP contribution is 2.12. The number of hydrogen-bond donors (Lipinski definition) is 4. The lowest BCUT2D eigenvalue weighted by molar-refractivity contribution is -0.132. The molecule has 2 rings (SSSR count). The van der Waals surface area contributed by atoms with E-state index in [1.165, 1.54) is 19.1 Å². The molecule has 2 aromatic rings. The molecule has 0 spiro atoms. The van der Waals surface area contributed by atoms with Gasteiger partial charge in [0.15, 0.2) is 0 Å². The molecule has 0 unspecified atom stereocenters. The van der Waals surface area contributed by atoms with Gasteiger partial charge in [-0.05, 0) is 48.1 Å². The molecule has 0 aromatic heterocycles. The summed E-state index contributed by atoms with van der Waals surface area (Å²) in [7, 11) is 0. The van der Waals surface area contributed by atoms with Crippen LogP contribution in [0, 0.1) is 0 Å². The second-order valence-corrected chi connectivity index (χ2v) is 8.89. The van der Waals surface area contributed by atoms with Gasteiger partial charge in [0.1, 0.15) is 24.1 Å². The van der Waals surface area contributed by atoms with Gasteiger partial charge in [0.2, 0.25) is 17.7 Å². The van der Waals surface area contributed by atoms with Crippen molar-refractivity contribution in [2.75, 3.05) is 12.0 Å². The highest BCUT2D eigenvalue weighted by molar-refractivity contribution is 7.98. The minimum atomic E-state index is -0.942. The third kappa shape index (κ3) is 9.27. The van der Waals surface area contributed by atoms with Gasteiger partial charge in [0.05, 0.1) is 6.04 Å². The minimum Gasteiger partial charge on any atom is -0.508 e. The molecular formula is C25H31N3O5S. The van der Waals surface area contributed by atoms with Crippen LogP contribution in [0.15, 0.2) is 54.6 Å². The number of carbonyl (C=O) groups is 4. The molecule has 0 saturated carbocycles. The van der Waals surface area contributed by atoms with Crippen LogP contribution in [0.4, 0.5) is 0 Å². The van der Waals surface area contributed by atoms with Gasteiger partial charge in [-0.3, -0.25) is 14.4 Å². The van der Waals surface area contributed by atoms with Gasteiger partial charge in [-0.1, -0.05) is 42.5 Å². The van der Waals surface area contributed by atoms with Crippen molar-refractivity contribution in [3.63, 3.8) is 0 Å². The van der Waals surface area contributed by atoms with Crippen molar-refractivity contribution in [2.24, 2.45) is 0 Å². The van der Waals surface area contributed by atoms with E-state index in [0.29, 0.717) is 18.5 Å². The Morgan fingerprint density at radius 3 is 2.09 bits per heavy atom. The van der Waals surface area contributed by atoms with Gasteiger partial charge in [-0.2, -0.15) is 11.8 Å². The first-order valence-corrected chi connectivity index (χ1v) is 12.4. The predicted octanol–water partition coefficient (Wildman–Crippen LogP) is 1.60. The summed E-state index contributed by atoms with van der Waals surface area (Å²) in [6.07, 6.45) is 3.43. The summed E-state index contributed by atoms with van der Waals surface area (Å²) >= 11 is 1.55. The Morgan fingerprint density at radius 2 is 1.50 bits per heavy atom. The monoisotopic (exact) mass is 485 g/mol. The van der Waals surface area contributed by atoms with Gasteiger partial charge < -0.3 is 25.9 Å². The number of rotatable bonds is 13. The third-order valence-electron chi connectivity index (χ3n) is 5.10. The maximum atomic E-state index is 13.1. The summed E-state index contributed by atoms with van der Waals surface area (Å²) in [6, 6.07) is 13.1. The van der Waals surface area contributed by atoms with E-state index in [0.717, 1.165) is 11.1 Å². The fourth-order valence-electron chi connectivity index (χ4n) is 3.38. The Kier molecular flexibility index (Phi) is 11.1. The molecule has 0 aliphatic carbocycles. The maximum Gasteiger partial charge on any atom is 0.243 e. The predicted molar refractivity (Wildman–Crippen MR) is 132 cm³/mol. The molecule has 0 aliphatic rings. The number of benzene rings is 2. The number of amides is 3. The summed E-state index contributed by atoms with van der Waals surface area (Å²) in [5, 5.41) is 17.5. The maximum absolute atomic E-state index is 13.1. The summed E-state index contributed by atoms with van der Waals surface area (Å²) < 4.78 is 0. The van der Waals surface area contributed by atoms with Crippen molar-refractivity contribution in [2.45, 2.75) is 44.3 Å². The molecule has 0 aliphatic heterocycles. The van der Waals surface area contributed by atoms with E-state index in [1.807, 2.05) is 36.6 Å². The molecule has 2 aromatic carbocycles. The Balaban J connectivity index is 2.16. The zero-order chi connectivity index (χ0) is 24.9. The van der Waals surface area contributed by atoms with Crippen molar-refractivity contribution in [1.82, 2.24) is 16.0 Å². The first-order chi connectivity index (χ1) is 16.3. The van der Waals surface area contributed by atoms with Crippen molar-refractivity contribution in [1.29, 1.82) is 0 Å². The quantitative estimate of drug-likeness (QED) is 0.320. The molecule has 34 heavy (non-hydrogen) atoms. The number of carbonyl (C=O) groups excluding carboxylic acids is 4. The average molecular weight is 486 g/mol. The number of phenols is 1. The van der Waals surface area contributed by atoms with Gasteiger partial charge in [0.25, 0.3) is 0 Å². The Morgan fingerprint density at radius 1 is 0.882 bits per heavy atom. The van der Waals surface area contributed by atoms with Gasteiger partial charge in [0, 0.05) is 13.3 Å². The van der Waals surface area contributed by atoms with Gasteiger partial charge in [-0.25, -0.2) is 0 Å². The largest absolute Gasteiger partial charge is 0.508 e. The summed E-state index contributed by atoms with van der Waals surface area (Å²) in [5.41, 5.74) is 1.60. The van der Waals surface area contributed by atoms with Crippen LogP contribution in [0.1, 0.15) is 24.5 Å². The van der Waals surface area contributed by atoms with Crippen LogP contribution < -0.4 is 16.0 Å². The van der Waals surface area contributed by atoms with E-state index < -0.39 is 29.9 Å². The van der Waals surface area contributed by atoms with Crippen LogP contribution in [0.25, 0.3) is 0 Å². The summed E-state index contributed by atoms with van der Waals surface area (Å²) in [6.45, 7) is 1.34. The second kappa shape index (κ2) is 14.0. The topological polar surface area (TPSA) is 125 Å². The first-order valence-electron chi connectivity index (χ1n) is 11.0. The second-order valence-electron chi connectivity index (χ2n) is 7.91. The van der Waals surface area contributed by atoms with Crippen molar-refractivity contribution in [3.05, 3.63) is 65.7 Å². The zero-order valence-electron chi connectivity index (χ0n) is 19.3. The van der Waals surface area contributed by atoms with Gasteiger partial charge in [-0.15, -0.1) is 0 Å². The Labute approximate surface area is 203 Å². The molecule has 8 nitrogen and oxygen atoms in total. The lowest BCUT2D eigenvalue weighted by atomic mass is 10.0. The minimum absolute atomic E-state index is 0.108. The van der Waals surface area contributed by atoms with Crippen LogP contribution in [0.5, 0.6) is 5.75 Å². The van der Waals surface area contributed by atoms with E-state index in [2.05, 4.69) is 16.0 Å². The SMILES string of the molecule is CSCC[C@H](NC(C)=O)C(=O)N[C@@H](Cc1ccccc1)C(=O)N[C@H](C=O)Cc1ccc(O)cc1. The van der Waals surface area contributed by atoms with E-state index in [-0.39, 0.29) is 24.5 Å². The molecule has 182 valence electrons. The molecular weight excluding hydrogens is 454 g/mol. The van der Waals surface area contributed by atoms with Crippen LogP contribution in [-0.4, -0.2) is 59.2 Å². The summed E-state index contributed by atoms with van der Waals surface area (Å²) in [4.78, 5) is 49.3. The standard InChI is InChI=1S/C25H31N3O5S/c1-17(30)26-22(12-13-34-2)24(32)28-23(15-18-6-4-3-5-7-18)25(33)27-20(16-29)14-19-8-10-21(31)11-9-19/h3-11,16,20,22-23,31H,12-15H2,1-2H3,(H,26,30)(H,27,33)(H,28,32)/t20-,22-,23-/m0/s1. The lowest BCUT2D eigenvalue weighted by Gasteiger charge is -2.24. The highest BCUT2D eigenvalue weighted by Gasteiger charge is 2.27. The average Bonchev–Trinajstić information content (AvgIpc) is 2.82. The molecule has 0 bridgehead atoms. The Hall–Kier alpha value is -3.33.